The van der Waals surface area contributed by atoms with E-state index in [1.165, 1.54) is 21.1 Å². The lowest BCUT2D eigenvalue weighted by molar-refractivity contribution is -0.121. The molecule has 0 aromatic carbocycles. The van der Waals surface area contributed by atoms with Crippen molar-refractivity contribution in [3.05, 3.63) is 57.9 Å². The standard InChI is InChI=1S/C20H21N5O2S2/c1-3-7-25-19(27)15(29-20(25)28)13-14-17(23-11-9-22(2)10-12-23)21-16-6-4-5-8-24(16)18(14)26/h3-6,8,13H,1,7,9-12H2,2H3/b15-13-. The second kappa shape index (κ2) is 8.10. The fourth-order valence-corrected chi connectivity index (χ4v) is 4.65. The van der Waals surface area contributed by atoms with Gasteiger partial charge in [-0.3, -0.25) is 18.9 Å². The normalized spacial score (nSPS) is 19.6. The highest BCUT2D eigenvalue weighted by Crippen LogP contribution is 2.33. The van der Waals surface area contributed by atoms with Crippen molar-refractivity contribution in [2.24, 2.45) is 0 Å². The Morgan fingerprint density at radius 1 is 1.24 bits per heavy atom. The van der Waals surface area contributed by atoms with Crippen LogP contribution in [0.4, 0.5) is 5.82 Å². The molecule has 29 heavy (non-hydrogen) atoms. The average molecular weight is 428 g/mol. The number of carbonyl (C=O) groups is 1. The highest BCUT2D eigenvalue weighted by atomic mass is 32.2. The number of hydrogen-bond donors (Lipinski definition) is 0. The molecule has 2 aromatic rings. The first-order valence-electron chi connectivity index (χ1n) is 9.30. The number of pyridine rings is 1. The maximum atomic E-state index is 13.3. The van der Waals surface area contributed by atoms with Gasteiger partial charge in [-0.1, -0.05) is 36.1 Å². The van der Waals surface area contributed by atoms with Crippen LogP contribution in [-0.4, -0.2) is 69.2 Å². The smallest absolute Gasteiger partial charge is 0.267 e. The molecule has 1 amide bonds. The molecular formula is C20H21N5O2S2. The third-order valence-corrected chi connectivity index (χ3v) is 6.39. The molecule has 9 heteroatoms. The molecule has 2 aliphatic heterocycles. The Labute approximate surface area is 178 Å². The molecule has 0 aliphatic carbocycles. The lowest BCUT2D eigenvalue weighted by atomic mass is 10.2. The third kappa shape index (κ3) is 3.73. The van der Waals surface area contributed by atoms with Gasteiger partial charge in [0.2, 0.25) is 0 Å². The zero-order chi connectivity index (χ0) is 20.5. The second-order valence-corrected chi connectivity index (χ2v) is 8.63. The molecule has 2 aromatic heterocycles. The summed E-state index contributed by atoms with van der Waals surface area (Å²) in [6, 6.07) is 5.46. The lowest BCUT2D eigenvalue weighted by Crippen LogP contribution is -2.45. The molecule has 4 rings (SSSR count). The topological polar surface area (TPSA) is 61.2 Å². The van der Waals surface area contributed by atoms with Gasteiger partial charge in [-0.05, 0) is 25.3 Å². The van der Waals surface area contributed by atoms with Gasteiger partial charge in [0.15, 0.2) is 0 Å². The molecule has 150 valence electrons. The minimum atomic E-state index is -0.207. The molecule has 0 radical (unpaired) electrons. The lowest BCUT2D eigenvalue weighted by Gasteiger charge is -2.34. The summed E-state index contributed by atoms with van der Waals surface area (Å²) in [7, 11) is 2.08. The maximum absolute atomic E-state index is 13.3. The summed E-state index contributed by atoms with van der Waals surface area (Å²) in [5, 5.41) is 0. The SMILES string of the molecule is C=CCN1C(=O)/C(=C/c2c(N3CCN(C)CC3)nc3ccccn3c2=O)SC1=S. The number of anilines is 1. The van der Waals surface area contributed by atoms with Crippen molar-refractivity contribution >= 4 is 51.7 Å². The molecule has 0 saturated carbocycles. The van der Waals surface area contributed by atoms with Crippen molar-refractivity contribution in [2.75, 3.05) is 44.7 Å². The Morgan fingerprint density at radius 2 is 2.00 bits per heavy atom. The zero-order valence-corrected chi connectivity index (χ0v) is 17.7. The third-order valence-electron chi connectivity index (χ3n) is 5.01. The molecule has 2 saturated heterocycles. The Balaban J connectivity index is 1.84. The predicted molar refractivity (Wildman–Crippen MR) is 121 cm³/mol. The molecule has 0 N–H and O–H groups in total. The number of thioether (sulfide) groups is 1. The van der Waals surface area contributed by atoms with E-state index >= 15 is 0 Å². The van der Waals surface area contributed by atoms with Crippen LogP contribution in [0.2, 0.25) is 0 Å². The highest BCUT2D eigenvalue weighted by Gasteiger charge is 2.32. The van der Waals surface area contributed by atoms with Gasteiger partial charge in [0.1, 0.15) is 15.8 Å². The van der Waals surface area contributed by atoms with E-state index in [4.69, 9.17) is 17.2 Å². The van der Waals surface area contributed by atoms with Crippen molar-refractivity contribution in [3.8, 4) is 0 Å². The molecule has 0 atom stereocenters. The molecule has 2 aliphatic rings. The molecular weight excluding hydrogens is 406 g/mol. The summed E-state index contributed by atoms with van der Waals surface area (Å²) < 4.78 is 1.98. The van der Waals surface area contributed by atoms with Crippen LogP contribution in [0.3, 0.4) is 0 Å². The molecule has 4 heterocycles. The fraction of sp³-hybridized carbons (Fsp3) is 0.300. The van der Waals surface area contributed by atoms with Crippen LogP contribution in [0.15, 0.2) is 46.8 Å². The van der Waals surface area contributed by atoms with Gasteiger partial charge in [-0.25, -0.2) is 4.98 Å². The van der Waals surface area contributed by atoms with Gasteiger partial charge in [-0.2, -0.15) is 0 Å². The number of thiocarbonyl (C=S) groups is 1. The van der Waals surface area contributed by atoms with Gasteiger partial charge in [-0.15, -0.1) is 6.58 Å². The summed E-state index contributed by atoms with van der Waals surface area (Å²) >= 11 is 6.53. The van der Waals surface area contributed by atoms with Gasteiger partial charge in [0, 0.05) is 38.9 Å². The number of amides is 1. The van der Waals surface area contributed by atoms with Crippen LogP contribution in [0, 0.1) is 0 Å². The Hall–Kier alpha value is -2.49. The van der Waals surface area contributed by atoms with Crippen LogP contribution in [0.1, 0.15) is 5.56 Å². The first-order chi connectivity index (χ1) is 14.0. The van der Waals surface area contributed by atoms with Crippen LogP contribution < -0.4 is 10.5 Å². The summed E-state index contributed by atoms with van der Waals surface area (Å²) in [5.41, 5.74) is 0.804. The number of hydrogen-bond acceptors (Lipinski definition) is 7. The molecule has 0 bridgehead atoms. The largest absolute Gasteiger partial charge is 0.353 e. The number of likely N-dealkylation sites (N-methyl/N-ethyl adjacent to an activating group) is 1. The van der Waals surface area contributed by atoms with Crippen molar-refractivity contribution < 1.29 is 4.79 Å². The van der Waals surface area contributed by atoms with E-state index < -0.39 is 0 Å². The van der Waals surface area contributed by atoms with Gasteiger partial charge in [0.05, 0.1) is 10.5 Å². The van der Waals surface area contributed by atoms with Crippen molar-refractivity contribution in [1.82, 2.24) is 19.2 Å². The van der Waals surface area contributed by atoms with E-state index in [1.54, 1.807) is 24.4 Å². The molecule has 2 fully saturated rings. The Bertz CT molecular complexity index is 1090. The van der Waals surface area contributed by atoms with Crippen molar-refractivity contribution in [2.45, 2.75) is 0 Å². The van der Waals surface area contributed by atoms with Gasteiger partial charge >= 0.3 is 0 Å². The number of carbonyl (C=O) groups excluding carboxylic acids is 1. The summed E-state index contributed by atoms with van der Waals surface area (Å²) in [5.74, 6) is 0.407. The summed E-state index contributed by atoms with van der Waals surface area (Å²) in [6.45, 7) is 7.33. The van der Waals surface area contributed by atoms with Crippen molar-refractivity contribution in [1.29, 1.82) is 0 Å². The molecule has 0 unspecified atom stereocenters. The van der Waals surface area contributed by atoms with E-state index in [0.29, 0.717) is 32.8 Å². The van der Waals surface area contributed by atoms with E-state index in [9.17, 15) is 9.59 Å². The van der Waals surface area contributed by atoms with Crippen LogP contribution >= 0.6 is 24.0 Å². The van der Waals surface area contributed by atoms with Gasteiger partial charge < -0.3 is 9.80 Å². The summed E-state index contributed by atoms with van der Waals surface area (Å²) in [4.78, 5) is 37.1. The monoisotopic (exact) mass is 427 g/mol. The maximum Gasteiger partial charge on any atom is 0.267 e. The van der Waals surface area contributed by atoms with E-state index in [2.05, 4.69) is 23.4 Å². The molecule has 7 nitrogen and oxygen atoms in total. The number of nitrogens with zero attached hydrogens (tertiary/aromatic N) is 5. The number of aromatic nitrogens is 2. The Kier molecular flexibility index (Phi) is 5.53. The quantitative estimate of drug-likeness (QED) is 0.419. The van der Waals surface area contributed by atoms with Crippen LogP contribution in [-0.2, 0) is 4.79 Å². The highest BCUT2D eigenvalue weighted by molar-refractivity contribution is 8.26. The first kappa shape index (κ1) is 19.8. The number of rotatable bonds is 4. The van der Waals surface area contributed by atoms with Gasteiger partial charge in [0.25, 0.3) is 11.5 Å². The minimum Gasteiger partial charge on any atom is -0.353 e. The van der Waals surface area contributed by atoms with E-state index in [-0.39, 0.29) is 11.5 Å². The van der Waals surface area contributed by atoms with E-state index in [1.807, 2.05) is 12.1 Å². The Morgan fingerprint density at radius 3 is 2.72 bits per heavy atom. The second-order valence-electron chi connectivity index (χ2n) is 6.95. The number of piperazine rings is 1. The summed E-state index contributed by atoms with van der Waals surface area (Å²) in [6.07, 6.45) is 4.97. The minimum absolute atomic E-state index is 0.196. The van der Waals surface area contributed by atoms with Crippen LogP contribution in [0.5, 0.6) is 0 Å². The average Bonchev–Trinajstić information content (AvgIpc) is 2.98. The fourth-order valence-electron chi connectivity index (χ4n) is 3.39. The first-order valence-corrected chi connectivity index (χ1v) is 10.5. The zero-order valence-electron chi connectivity index (χ0n) is 16.1. The van der Waals surface area contributed by atoms with Crippen LogP contribution in [0.25, 0.3) is 11.7 Å². The van der Waals surface area contributed by atoms with E-state index in [0.717, 1.165) is 26.2 Å². The van der Waals surface area contributed by atoms with Crippen molar-refractivity contribution in [3.63, 3.8) is 0 Å². The number of fused-ring (bicyclic) bond motifs is 1. The predicted octanol–water partition coefficient (Wildman–Crippen LogP) is 1.83. The molecule has 0 spiro atoms.